The molecule has 112 valence electrons. The molecular weight excluding hydrogens is 260 g/mol. The fraction of sp³-hybridized carbons (Fsp3) is 0.529. The second-order valence-electron chi connectivity index (χ2n) is 5.95. The minimum absolute atomic E-state index is 0.481. The first-order chi connectivity index (χ1) is 10.4. The molecule has 0 radical (unpaired) electrons. The van der Waals surface area contributed by atoms with Gasteiger partial charge in [0, 0.05) is 13.1 Å². The van der Waals surface area contributed by atoms with Crippen LogP contribution in [0.1, 0.15) is 43.7 Å². The Hall–Kier alpha value is -1.68. The Balaban J connectivity index is 1.63. The van der Waals surface area contributed by atoms with E-state index in [9.17, 15) is 0 Å². The molecule has 0 aliphatic carbocycles. The van der Waals surface area contributed by atoms with E-state index in [0.717, 1.165) is 13.1 Å². The second kappa shape index (κ2) is 6.85. The summed E-state index contributed by atoms with van der Waals surface area (Å²) >= 11 is 0. The molecule has 1 aromatic heterocycles. The zero-order valence-electron chi connectivity index (χ0n) is 12.7. The van der Waals surface area contributed by atoms with E-state index in [1.54, 1.807) is 6.33 Å². The highest BCUT2D eigenvalue weighted by Crippen LogP contribution is 2.25. The molecule has 3 rings (SSSR count). The average Bonchev–Trinajstić information content (AvgIpc) is 3.08. The number of rotatable bonds is 5. The quantitative estimate of drug-likeness (QED) is 0.846. The van der Waals surface area contributed by atoms with Crippen molar-refractivity contribution in [3.63, 3.8) is 0 Å². The minimum atomic E-state index is 0.481. The number of benzene rings is 1. The molecule has 0 amide bonds. The van der Waals surface area contributed by atoms with Crippen molar-refractivity contribution in [3.05, 3.63) is 48.5 Å². The molecule has 1 aliphatic heterocycles. The van der Waals surface area contributed by atoms with Crippen molar-refractivity contribution >= 4 is 0 Å². The first-order valence-corrected chi connectivity index (χ1v) is 7.98. The number of likely N-dealkylation sites (tertiary alicyclic amines) is 1. The molecule has 1 saturated heterocycles. The van der Waals surface area contributed by atoms with Crippen LogP contribution < -0.4 is 0 Å². The van der Waals surface area contributed by atoms with Crippen LogP contribution in [0.5, 0.6) is 0 Å². The Labute approximate surface area is 126 Å². The first kappa shape index (κ1) is 14.3. The van der Waals surface area contributed by atoms with Crippen LogP contribution in [0.4, 0.5) is 0 Å². The summed E-state index contributed by atoms with van der Waals surface area (Å²) < 4.78 is 2.02. The van der Waals surface area contributed by atoms with Gasteiger partial charge in [0.1, 0.15) is 12.7 Å². The molecule has 0 saturated carbocycles. The Bertz CT molecular complexity index is 523. The largest absolute Gasteiger partial charge is 0.301 e. The molecule has 21 heavy (non-hydrogen) atoms. The van der Waals surface area contributed by atoms with Gasteiger partial charge in [0.15, 0.2) is 0 Å². The van der Waals surface area contributed by atoms with E-state index in [1.807, 2.05) is 11.0 Å². The normalized spacial score (nSPS) is 21.3. The van der Waals surface area contributed by atoms with Crippen molar-refractivity contribution in [2.45, 2.75) is 38.1 Å². The van der Waals surface area contributed by atoms with Crippen LogP contribution in [0, 0.1) is 0 Å². The van der Waals surface area contributed by atoms with E-state index >= 15 is 0 Å². The third-order valence-corrected chi connectivity index (χ3v) is 4.53. The molecule has 0 bridgehead atoms. The van der Waals surface area contributed by atoms with Gasteiger partial charge in [-0.15, -0.1) is 0 Å². The lowest BCUT2D eigenvalue weighted by atomic mass is 9.94. The molecule has 4 nitrogen and oxygen atoms in total. The number of nitrogens with zero attached hydrogens (tertiary/aromatic N) is 4. The lowest BCUT2D eigenvalue weighted by molar-refractivity contribution is 0.160. The van der Waals surface area contributed by atoms with Gasteiger partial charge in [-0.1, -0.05) is 37.3 Å². The van der Waals surface area contributed by atoms with Crippen LogP contribution in [0.15, 0.2) is 43.0 Å². The van der Waals surface area contributed by atoms with E-state index in [-0.39, 0.29) is 0 Å². The maximum absolute atomic E-state index is 4.31. The highest BCUT2D eigenvalue weighted by molar-refractivity contribution is 5.19. The Morgan fingerprint density at radius 1 is 1.29 bits per heavy atom. The van der Waals surface area contributed by atoms with Gasteiger partial charge >= 0.3 is 0 Å². The smallest absolute Gasteiger partial charge is 0.137 e. The molecule has 0 unspecified atom stereocenters. The van der Waals surface area contributed by atoms with Crippen LogP contribution >= 0.6 is 0 Å². The summed E-state index contributed by atoms with van der Waals surface area (Å²) in [5.74, 6) is 0.626. The Morgan fingerprint density at radius 3 is 2.86 bits per heavy atom. The van der Waals surface area contributed by atoms with E-state index in [1.165, 1.54) is 31.4 Å². The van der Waals surface area contributed by atoms with Crippen molar-refractivity contribution < 1.29 is 0 Å². The monoisotopic (exact) mass is 284 g/mol. The zero-order chi connectivity index (χ0) is 14.5. The lowest BCUT2D eigenvalue weighted by Gasteiger charge is -2.34. The summed E-state index contributed by atoms with van der Waals surface area (Å²) in [5.41, 5.74) is 1.46. The fourth-order valence-electron chi connectivity index (χ4n) is 3.33. The van der Waals surface area contributed by atoms with Gasteiger partial charge in [-0.25, -0.2) is 9.67 Å². The highest BCUT2D eigenvalue weighted by atomic mass is 15.3. The third kappa shape index (κ3) is 3.50. The average molecular weight is 284 g/mol. The molecular formula is C17H24N4. The van der Waals surface area contributed by atoms with Gasteiger partial charge in [0.2, 0.25) is 0 Å². The maximum Gasteiger partial charge on any atom is 0.137 e. The van der Waals surface area contributed by atoms with Gasteiger partial charge < -0.3 is 4.90 Å². The van der Waals surface area contributed by atoms with E-state index in [0.29, 0.717) is 12.0 Å². The van der Waals surface area contributed by atoms with Crippen LogP contribution in [0.25, 0.3) is 0 Å². The molecule has 0 spiro atoms. The molecule has 2 aromatic rings. The van der Waals surface area contributed by atoms with Gasteiger partial charge in [-0.2, -0.15) is 5.10 Å². The summed E-state index contributed by atoms with van der Waals surface area (Å²) in [5, 5.41) is 4.31. The first-order valence-electron chi connectivity index (χ1n) is 7.98. The van der Waals surface area contributed by atoms with Crippen LogP contribution in [0.3, 0.4) is 0 Å². The molecule has 4 heteroatoms. The summed E-state index contributed by atoms with van der Waals surface area (Å²) in [6.07, 6.45) is 7.13. The number of hydrogen-bond donors (Lipinski definition) is 0. The molecule has 1 aromatic carbocycles. The van der Waals surface area contributed by atoms with E-state index in [2.05, 4.69) is 52.2 Å². The van der Waals surface area contributed by atoms with Crippen molar-refractivity contribution in [1.29, 1.82) is 0 Å². The molecule has 2 atom stereocenters. The maximum atomic E-state index is 4.31. The summed E-state index contributed by atoms with van der Waals surface area (Å²) in [4.78, 5) is 6.67. The van der Waals surface area contributed by atoms with Crippen LogP contribution in [-0.2, 0) is 0 Å². The molecule has 0 N–H and O–H groups in total. The lowest BCUT2D eigenvalue weighted by Crippen LogP contribution is -2.39. The van der Waals surface area contributed by atoms with Crippen molar-refractivity contribution in [2.24, 2.45) is 0 Å². The van der Waals surface area contributed by atoms with Gasteiger partial charge in [0.05, 0.1) is 6.04 Å². The summed E-state index contributed by atoms with van der Waals surface area (Å²) in [7, 11) is 0. The van der Waals surface area contributed by atoms with Gasteiger partial charge in [-0.3, -0.25) is 0 Å². The predicted molar refractivity (Wildman–Crippen MR) is 84.2 cm³/mol. The van der Waals surface area contributed by atoms with E-state index < -0.39 is 0 Å². The Kier molecular flexibility index (Phi) is 4.65. The van der Waals surface area contributed by atoms with Crippen molar-refractivity contribution in [2.75, 3.05) is 19.6 Å². The third-order valence-electron chi connectivity index (χ3n) is 4.53. The fourth-order valence-corrected chi connectivity index (χ4v) is 3.33. The topological polar surface area (TPSA) is 34.0 Å². The van der Waals surface area contributed by atoms with Crippen LogP contribution in [-0.4, -0.2) is 39.3 Å². The molecule has 1 aliphatic rings. The standard InChI is InChI=1S/C17H24N4/c1-2-15(16-7-4-3-5-8-16)11-20-10-6-9-17(12-20)21-14-18-13-19-21/h3-5,7-8,13-15,17H,2,6,9-12H2,1H3/t15-,17-/m1/s1. The van der Waals surface area contributed by atoms with Crippen LogP contribution in [0.2, 0.25) is 0 Å². The van der Waals surface area contributed by atoms with Crippen molar-refractivity contribution in [1.82, 2.24) is 19.7 Å². The summed E-state index contributed by atoms with van der Waals surface area (Å²) in [6, 6.07) is 11.4. The van der Waals surface area contributed by atoms with Gasteiger partial charge in [-0.05, 0) is 37.3 Å². The second-order valence-corrected chi connectivity index (χ2v) is 5.95. The number of hydrogen-bond acceptors (Lipinski definition) is 3. The number of piperidine rings is 1. The number of aromatic nitrogens is 3. The SMILES string of the molecule is CC[C@H](CN1CCC[C@@H](n2cncn2)C1)c1ccccc1. The van der Waals surface area contributed by atoms with Gasteiger partial charge in [0.25, 0.3) is 0 Å². The minimum Gasteiger partial charge on any atom is -0.301 e. The zero-order valence-corrected chi connectivity index (χ0v) is 12.7. The van der Waals surface area contributed by atoms with Crippen molar-refractivity contribution in [3.8, 4) is 0 Å². The Morgan fingerprint density at radius 2 is 2.14 bits per heavy atom. The predicted octanol–water partition coefficient (Wildman–Crippen LogP) is 3.11. The van der Waals surface area contributed by atoms with E-state index in [4.69, 9.17) is 0 Å². The molecule has 1 fully saturated rings. The highest BCUT2D eigenvalue weighted by Gasteiger charge is 2.23. The molecule has 2 heterocycles. The summed E-state index contributed by atoms with van der Waals surface area (Å²) in [6.45, 7) is 5.73.